The van der Waals surface area contributed by atoms with Crippen molar-refractivity contribution in [2.45, 2.75) is 45.1 Å². The molecular weight excluding hydrogens is 266 g/mol. The summed E-state index contributed by atoms with van der Waals surface area (Å²) in [6.07, 6.45) is 3.97. The standard InChI is InChI=1S/C13H25NO4S/c1-5-13(2,18-3)12(15)9-11-7-6-8-14(10-11)19(4,16)17/h11H,5-10H2,1-4H3. The molecule has 0 amide bonds. The first kappa shape index (κ1) is 16.6. The van der Waals surface area contributed by atoms with Gasteiger partial charge >= 0.3 is 0 Å². The highest BCUT2D eigenvalue weighted by Crippen LogP contribution is 2.26. The fourth-order valence-corrected chi connectivity index (χ4v) is 3.37. The molecule has 5 nitrogen and oxygen atoms in total. The van der Waals surface area contributed by atoms with Crippen molar-refractivity contribution in [1.29, 1.82) is 0 Å². The Labute approximate surface area is 116 Å². The van der Waals surface area contributed by atoms with Crippen LogP contribution in [0.25, 0.3) is 0 Å². The molecule has 19 heavy (non-hydrogen) atoms. The van der Waals surface area contributed by atoms with Crippen molar-refractivity contribution in [2.24, 2.45) is 5.92 Å². The molecule has 0 spiro atoms. The van der Waals surface area contributed by atoms with Crippen LogP contribution in [0.1, 0.15) is 39.5 Å². The molecule has 0 bridgehead atoms. The summed E-state index contributed by atoms with van der Waals surface area (Å²) in [4.78, 5) is 12.3. The van der Waals surface area contributed by atoms with Crippen molar-refractivity contribution < 1.29 is 17.9 Å². The van der Waals surface area contributed by atoms with E-state index >= 15 is 0 Å². The summed E-state index contributed by atoms with van der Waals surface area (Å²) in [5, 5.41) is 0. The van der Waals surface area contributed by atoms with Gasteiger partial charge in [0, 0.05) is 26.6 Å². The Balaban J connectivity index is 2.65. The summed E-state index contributed by atoms with van der Waals surface area (Å²) < 4.78 is 29.9. The molecule has 1 aliphatic heterocycles. The van der Waals surface area contributed by atoms with Gasteiger partial charge in [0.25, 0.3) is 0 Å². The molecule has 2 unspecified atom stereocenters. The number of Topliss-reactive ketones (excluding diaryl/α,β-unsaturated/α-hetero) is 1. The molecule has 0 aromatic heterocycles. The number of nitrogens with zero attached hydrogens (tertiary/aromatic N) is 1. The maximum absolute atomic E-state index is 12.3. The average Bonchev–Trinajstić information content (AvgIpc) is 2.37. The van der Waals surface area contributed by atoms with Crippen molar-refractivity contribution in [3.05, 3.63) is 0 Å². The second-order valence-corrected chi connectivity index (χ2v) is 7.53. The quantitative estimate of drug-likeness (QED) is 0.742. The summed E-state index contributed by atoms with van der Waals surface area (Å²) in [7, 11) is -1.60. The maximum Gasteiger partial charge on any atom is 0.211 e. The summed E-state index contributed by atoms with van der Waals surface area (Å²) in [5.41, 5.74) is -0.743. The van der Waals surface area contributed by atoms with Crippen LogP contribution in [-0.2, 0) is 19.6 Å². The maximum atomic E-state index is 12.3. The van der Waals surface area contributed by atoms with Crippen LogP contribution in [0.3, 0.4) is 0 Å². The number of piperidine rings is 1. The predicted octanol–water partition coefficient (Wildman–Crippen LogP) is 1.43. The Hall–Kier alpha value is -0.460. The molecule has 1 fully saturated rings. The summed E-state index contributed by atoms with van der Waals surface area (Å²) >= 11 is 0. The minimum atomic E-state index is -3.15. The second kappa shape index (κ2) is 6.33. The Kier molecular flexibility index (Phi) is 5.53. The molecular formula is C13H25NO4S. The van der Waals surface area contributed by atoms with Gasteiger partial charge in [-0.15, -0.1) is 0 Å². The number of sulfonamides is 1. The Morgan fingerprint density at radius 3 is 2.58 bits per heavy atom. The number of rotatable bonds is 6. The Morgan fingerprint density at radius 2 is 2.11 bits per heavy atom. The van der Waals surface area contributed by atoms with Crippen molar-refractivity contribution in [2.75, 3.05) is 26.5 Å². The highest BCUT2D eigenvalue weighted by molar-refractivity contribution is 7.88. The van der Waals surface area contributed by atoms with Gasteiger partial charge in [-0.25, -0.2) is 12.7 Å². The lowest BCUT2D eigenvalue weighted by atomic mass is 9.87. The van der Waals surface area contributed by atoms with Gasteiger partial charge in [0.15, 0.2) is 5.78 Å². The lowest BCUT2D eigenvalue weighted by Crippen LogP contribution is -2.43. The number of ether oxygens (including phenoxy) is 1. The smallest absolute Gasteiger partial charge is 0.211 e. The van der Waals surface area contributed by atoms with Crippen LogP contribution in [0.15, 0.2) is 0 Å². The third kappa shape index (κ3) is 4.26. The zero-order chi connectivity index (χ0) is 14.7. The number of carbonyl (C=O) groups is 1. The van der Waals surface area contributed by atoms with E-state index in [1.54, 1.807) is 14.0 Å². The van der Waals surface area contributed by atoms with Crippen LogP contribution in [0.4, 0.5) is 0 Å². The van der Waals surface area contributed by atoms with Gasteiger partial charge in [0.05, 0.1) is 6.26 Å². The Bertz CT molecular complexity index is 414. The van der Waals surface area contributed by atoms with Gasteiger partial charge in [0.2, 0.25) is 10.0 Å². The minimum absolute atomic E-state index is 0.0675. The molecule has 1 aliphatic rings. The molecule has 1 rings (SSSR count). The summed E-state index contributed by atoms with van der Waals surface area (Å²) in [6, 6.07) is 0. The van der Waals surface area contributed by atoms with Gasteiger partial charge in [-0.3, -0.25) is 4.79 Å². The van der Waals surface area contributed by atoms with Crippen LogP contribution in [-0.4, -0.2) is 50.6 Å². The molecule has 1 heterocycles. The van der Waals surface area contributed by atoms with Gasteiger partial charge < -0.3 is 4.74 Å². The molecule has 0 saturated carbocycles. The third-order valence-electron chi connectivity index (χ3n) is 4.14. The number of ketones is 1. The van der Waals surface area contributed by atoms with E-state index in [9.17, 15) is 13.2 Å². The first-order valence-electron chi connectivity index (χ1n) is 6.76. The molecule has 1 saturated heterocycles. The Morgan fingerprint density at radius 1 is 1.47 bits per heavy atom. The van der Waals surface area contributed by atoms with E-state index in [-0.39, 0.29) is 11.7 Å². The largest absolute Gasteiger partial charge is 0.371 e. The first-order valence-corrected chi connectivity index (χ1v) is 8.61. The van der Waals surface area contributed by atoms with E-state index < -0.39 is 15.6 Å². The average molecular weight is 291 g/mol. The lowest BCUT2D eigenvalue weighted by Gasteiger charge is -2.33. The van der Waals surface area contributed by atoms with E-state index in [1.807, 2.05) is 6.92 Å². The van der Waals surface area contributed by atoms with E-state index in [2.05, 4.69) is 0 Å². The molecule has 6 heteroatoms. The molecule has 2 atom stereocenters. The van der Waals surface area contributed by atoms with Crippen LogP contribution in [0.2, 0.25) is 0 Å². The van der Waals surface area contributed by atoms with Crippen LogP contribution in [0, 0.1) is 5.92 Å². The van der Waals surface area contributed by atoms with Crippen molar-refractivity contribution >= 4 is 15.8 Å². The SMILES string of the molecule is CCC(C)(OC)C(=O)CC1CCCN(S(C)(=O)=O)C1. The lowest BCUT2D eigenvalue weighted by molar-refractivity contribution is -0.140. The van der Waals surface area contributed by atoms with Crippen LogP contribution in [0.5, 0.6) is 0 Å². The van der Waals surface area contributed by atoms with E-state index in [0.29, 0.717) is 25.9 Å². The highest BCUT2D eigenvalue weighted by Gasteiger charge is 2.34. The minimum Gasteiger partial charge on any atom is -0.371 e. The number of carbonyl (C=O) groups excluding carboxylic acids is 1. The van der Waals surface area contributed by atoms with E-state index in [0.717, 1.165) is 12.8 Å². The fourth-order valence-electron chi connectivity index (χ4n) is 2.43. The van der Waals surface area contributed by atoms with Crippen LogP contribution < -0.4 is 0 Å². The molecule has 112 valence electrons. The molecule has 0 N–H and O–H groups in total. The zero-order valence-corrected chi connectivity index (χ0v) is 13.1. The zero-order valence-electron chi connectivity index (χ0n) is 12.3. The summed E-state index contributed by atoms with van der Waals surface area (Å²) in [6.45, 7) is 4.74. The van der Waals surface area contributed by atoms with E-state index in [1.165, 1.54) is 10.6 Å². The topological polar surface area (TPSA) is 63.7 Å². The molecule has 0 aromatic carbocycles. The second-order valence-electron chi connectivity index (χ2n) is 5.55. The normalized spacial score (nSPS) is 24.9. The number of hydrogen-bond acceptors (Lipinski definition) is 4. The molecule has 0 radical (unpaired) electrons. The summed E-state index contributed by atoms with van der Waals surface area (Å²) in [5.74, 6) is 0.176. The fraction of sp³-hybridized carbons (Fsp3) is 0.923. The monoisotopic (exact) mass is 291 g/mol. The van der Waals surface area contributed by atoms with Crippen molar-refractivity contribution in [3.63, 3.8) is 0 Å². The van der Waals surface area contributed by atoms with Crippen molar-refractivity contribution in [3.8, 4) is 0 Å². The predicted molar refractivity (Wildman–Crippen MR) is 74.5 cm³/mol. The van der Waals surface area contributed by atoms with E-state index in [4.69, 9.17) is 4.74 Å². The van der Waals surface area contributed by atoms with Gasteiger partial charge in [0.1, 0.15) is 5.60 Å². The first-order chi connectivity index (χ1) is 8.73. The van der Waals surface area contributed by atoms with Crippen molar-refractivity contribution in [1.82, 2.24) is 4.31 Å². The van der Waals surface area contributed by atoms with Gasteiger partial charge in [-0.2, -0.15) is 0 Å². The number of hydrogen-bond donors (Lipinski definition) is 0. The van der Waals surface area contributed by atoms with Gasteiger partial charge in [-0.05, 0) is 32.1 Å². The number of methoxy groups -OCH3 is 1. The third-order valence-corrected chi connectivity index (χ3v) is 5.41. The molecule has 0 aromatic rings. The van der Waals surface area contributed by atoms with Gasteiger partial charge in [-0.1, -0.05) is 6.92 Å². The molecule has 0 aliphatic carbocycles. The van der Waals surface area contributed by atoms with Crippen LogP contribution >= 0.6 is 0 Å². The highest BCUT2D eigenvalue weighted by atomic mass is 32.2.